The first-order valence-electron chi connectivity index (χ1n) is 6.30. The number of rotatable bonds is 4. The summed E-state index contributed by atoms with van der Waals surface area (Å²) < 4.78 is 1.02. The number of halogens is 1. The van der Waals surface area contributed by atoms with Gasteiger partial charge >= 0.3 is 0 Å². The third kappa shape index (κ3) is 3.57. The molecule has 1 aromatic heterocycles. The van der Waals surface area contributed by atoms with Crippen LogP contribution in [0.2, 0.25) is 0 Å². The van der Waals surface area contributed by atoms with Gasteiger partial charge in [0.1, 0.15) is 5.69 Å². The Labute approximate surface area is 126 Å². The van der Waals surface area contributed by atoms with Crippen molar-refractivity contribution in [3.63, 3.8) is 0 Å². The zero-order valence-corrected chi connectivity index (χ0v) is 12.9. The highest BCUT2D eigenvalue weighted by molar-refractivity contribution is 9.10. The van der Waals surface area contributed by atoms with E-state index in [1.54, 1.807) is 12.3 Å². The number of nitrogens with zero attached hydrogens (tertiary/aromatic N) is 1. The van der Waals surface area contributed by atoms with Crippen molar-refractivity contribution >= 4 is 27.5 Å². The molecule has 5 heteroatoms. The SMILES string of the molecule is CNc1ccc(C(=O)NC(C)c2ccc(Br)cc2)nc1. The van der Waals surface area contributed by atoms with Gasteiger partial charge in [-0.25, -0.2) is 4.98 Å². The Morgan fingerprint density at radius 1 is 1.20 bits per heavy atom. The first-order valence-corrected chi connectivity index (χ1v) is 7.09. The summed E-state index contributed by atoms with van der Waals surface area (Å²) in [5, 5.41) is 5.90. The molecule has 0 saturated carbocycles. The van der Waals surface area contributed by atoms with E-state index >= 15 is 0 Å². The summed E-state index contributed by atoms with van der Waals surface area (Å²) in [5.41, 5.74) is 2.34. The maximum absolute atomic E-state index is 12.1. The van der Waals surface area contributed by atoms with Crippen molar-refractivity contribution in [1.82, 2.24) is 10.3 Å². The normalized spacial score (nSPS) is 11.8. The lowest BCUT2D eigenvalue weighted by molar-refractivity contribution is 0.0935. The Kier molecular flexibility index (Phi) is 4.74. The van der Waals surface area contributed by atoms with Crippen LogP contribution in [0.15, 0.2) is 47.1 Å². The minimum absolute atomic E-state index is 0.0682. The number of benzene rings is 1. The fourth-order valence-electron chi connectivity index (χ4n) is 1.78. The average Bonchev–Trinajstić information content (AvgIpc) is 2.48. The number of carbonyl (C=O) groups excluding carboxylic acids is 1. The molecule has 1 amide bonds. The largest absolute Gasteiger partial charge is 0.387 e. The molecule has 2 N–H and O–H groups in total. The fraction of sp³-hybridized carbons (Fsp3) is 0.200. The van der Waals surface area contributed by atoms with Gasteiger partial charge < -0.3 is 10.6 Å². The molecular formula is C15H16BrN3O. The Hall–Kier alpha value is -1.88. The van der Waals surface area contributed by atoms with Crippen LogP contribution in [0.1, 0.15) is 29.0 Å². The molecule has 0 saturated heterocycles. The van der Waals surface area contributed by atoms with Gasteiger partial charge in [0.2, 0.25) is 0 Å². The smallest absolute Gasteiger partial charge is 0.270 e. The van der Waals surface area contributed by atoms with Crippen LogP contribution in [0.4, 0.5) is 5.69 Å². The average molecular weight is 334 g/mol. The van der Waals surface area contributed by atoms with E-state index in [-0.39, 0.29) is 11.9 Å². The van der Waals surface area contributed by atoms with Crippen LogP contribution in [0.25, 0.3) is 0 Å². The number of hydrogen-bond donors (Lipinski definition) is 2. The van der Waals surface area contributed by atoms with Crippen molar-refractivity contribution in [3.8, 4) is 0 Å². The summed E-state index contributed by atoms with van der Waals surface area (Å²) in [6, 6.07) is 11.3. The molecule has 20 heavy (non-hydrogen) atoms. The van der Waals surface area contributed by atoms with Gasteiger partial charge in [0.05, 0.1) is 17.9 Å². The van der Waals surface area contributed by atoms with E-state index in [9.17, 15) is 4.79 Å². The number of nitrogens with one attached hydrogen (secondary N) is 2. The molecule has 1 atom stereocenters. The second-order valence-corrected chi connectivity index (χ2v) is 5.34. The molecule has 2 rings (SSSR count). The molecule has 0 aliphatic heterocycles. The van der Waals surface area contributed by atoms with Crippen molar-refractivity contribution in [2.24, 2.45) is 0 Å². The molecule has 0 spiro atoms. The van der Waals surface area contributed by atoms with Crippen molar-refractivity contribution in [2.45, 2.75) is 13.0 Å². The maximum atomic E-state index is 12.1. The van der Waals surface area contributed by atoms with Crippen molar-refractivity contribution in [1.29, 1.82) is 0 Å². The number of anilines is 1. The van der Waals surface area contributed by atoms with E-state index in [2.05, 4.69) is 31.5 Å². The highest BCUT2D eigenvalue weighted by Gasteiger charge is 2.12. The van der Waals surface area contributed by atoms with E-state index in [4.69, 9.17) is 0 Å². The summed E-state index contributed by atoms with van der Waals surface area (Å²) in [6.45, 7) is 1.95. The van der Waals surface area contributed by atoms with E-state index in [0.717, 1.165) is 15.7 Å². The quantitative estimate of drug-likeness (QED) is 0.901. The third-order valence-electron chi connectivity index (χ3n) is 3.00. The van der Waals surface area contributed by atoms with Gasteiger partial charge in [-0.05, 0) is 36.8 Å². The van der Waals surface area contributed by atoms with Gasteiger partial charge in [-0.3, -0.25) is 4.79 Å². The second kappa shape index (κ2) is 6.52. The van der Waals surface area contributed by atoms with Crippen molar-refractivity contribution in [3.05, 3.63) is 58.3 Å². The Bertz CT molecular complexity index is 581. The number of pyridine rings is 1. The summed E-state index contributed by atoms with van der Waals surface area (Å²) >= 11 is 3.39. The summed E-state index contributed by atoms with van der Waals surface area (Å²) in [5.74, 6) is -0.178. The lowest BCUT2D eigenvalue weighted by Crippen LogP contribution is -2.27. The zero-order valence-electron chi connectivity index (χ0n) is 11.4. The van der Waals surface area contributed by atoms with E-state index in [1.165, 1.54) is 0 Å². The van der Waals surface area contributed by atoms with E-state index in [0.29, 0.717) is 5.69 Å². The van der Waals surface area contributed by atoms with Gasteiger partial charge in [-0.1, -0.05) is 28.1 Å². The lowest BCUT2D eigenvalue weighted by Gasteiger charge is -2.14. The summed E-state index contributed by atoms with van der Waals surface area (Å²) in [7, 11) is 1.81. The van der Waals surface area contributed by atoms with Crippen LogP contribution in [-0.2, 0) is 0 Å². The Morgan fingerprint density at radius 3 is 2.45 bits per heavy atom. The molecule has 0 bridgehead atoms. The molecule has 104 valence electrons. The molecular weight excluding hydrogens is 318 g/mol. The van der Waals surface area contributed by atoms with Crippen molar-refractivity contribution in [2.75, 3.05) is 12.4 Å². The first kappa shape index (κ1) is 14.5. The van der Waals surface area contributed by atoms with Gasteiger partial charge in [-0.15, -0.1) is 0 Å². The minimum Gasteiger partial charge on any atom is -0.387 e. The van der Waals surface area contributed by atoms with Crippen LogP contribution < -0.4 is 10.6 Å². The van der Waals surface area contributed by atoms with Gasteiger partial charge in [0.15, 0.2) is 0 Å². The fourth-order valence-corrected chi connectivity index (χ4v) is 2.05. The molecule has 1 heterocycles. The number of hydrogen-bond acceptors (Lipinski definition) is 3. The molecule has 0 radical (unpaired) electrons. The standard InChI is InChI=1S/C15H16BrN3O/c1-10(11-3-5-12(16)6-4-11)19-15(20)14-8-7-13(17-2)9-18-14/h3-10,17H,1-2H3,(H,19,20). The van der Waals surface area contributed by atoms with Gasteiger partial charge in [-0.2, -0.15) is 0 Å². The number of carbonyl (C=O) groups is 1. The van der Waals surface area contributed by atoms with Gasteiger partial charge in [0.25, 0.3) is 5.91 Å². The molecule has 0 aliphatic carbocycles. The topological polar surface area (TPSA) is 54.0 Å². The second-order valence-electron chi connectivity index (χ2n) is 4.43. The monoisotopic (exact) mass is 333 g/mol. The molecule has 0 aliphatic rings. The van der Waals surface area contributed by atoms with Crippen LogP contribution >= 0.6 is 15.9 Å². The van der Waals surface area contributed by atoms with Gasteiger partial charge in [0, 0.05) is 11.5 Å². The predicted molar refractivity (Wildman–Crippen MR) is 83.8 cm³/mol. The summed E-state index contributed by atoms with van der Waals surface area (Å²) in [6.07, 6.45) is 1.64. The molecule has 0 fully saturated rings. The van der Waals surface area contributed by atoms with Crippen LogP contribution in [0, 0.1) is 0 Å². The third-order valence-corrected chi connectivity index (χ3v) is 3.53. The van der Waals surface area contributed by atoms with Crippen LogP contribution in [0.3, 0.4) is 0 Å². The number of amides is 1. The minimum atomic E-state index is -0.178. The Morgan fingerprint density at radius 2 is 1.90 bits per heavy atom. The van der Waals surface area contributed by atoms with E-state index < -0.39 is 0 Å². The van der Waals surface area contributed by atoms with Crippen molar-refractivity contribution < 1.29 is 4.79 Å². The first-order chi connectivity index (χ1) is 9.60. The highest BCUT2D eigenvalue weighted by Crippen LogP contribution is 2.17. The molecule has 1 unspecified atom stereocenters. The van der Waals surface area contributed by atoms with Crippen LogP contribution in [0.5, 0.6) is 0 Å². The summed E-state index contributed by atoms with van der Waals surface area (Å²) in [4.78, 5) is 16.2. The molecule has 1 aromatic carbocycles. The molecule has 4 nitrogen and oxygen atoms in total. The maximum Gasteiger partial charge on any atom is 0.270 e. The zero-order chi connectivity index (χ0) is 14.5. The predicted octanol–water partition coefficient (Wildman–Crippen LogP) is 3.38. The number of aromatic nitrogens is 1. The Balaban J connectivity index is 2.04. The van der Waals surface area contributed by atoms with E-state index in [1.807, 2.05) is 44.3 Å². The lowest BCUT2D eigenvalue weighted by atomic mass is 10.1. The highest BCUT2D eigenvalue weighted by atomic mass is 79.9. The van der Waals surface area contributed by atoms with Crippen LogP contribution in [-0.4, -0.2) is 17.9 Å². The molecule has 2 aromatic rings.